The molecule has 2 aromatic rings. The number of nitrogens with one attached hydrogen (secondary N) is 2. The summed E-state index contributed by atoms with van der Waals surface area (Å²) in [6.07, 6.45) is 0. The average molecular weight is 288 g/mol. The van der Waals surface area contributed by atoms with Crippen LogP contribution in [-0.4, -0.2) is 25.0 Å². The highest BCUT2D eigenvalue weighted by atomic mass is 16.4. The number of carbonyl (C=O) groups excluding carboxylic acids is 1. The zero-order valence-electron chi connectivity index (χ0n) is 12.5. The third-order valence-electron chi connectivity index (χ3n) is 3.42. The molecule has 5 heteroatoms. The zero-order chi connectivity index (χ0) is 15.4. The first-order chi connectivity index (χ1) is 10.0. The summed E-state index contributed by atoms with van der Waals surface area (Å²) in [4.78, 5) is 24.3. The Morgan fingerprint density at radius 2 is 2.05 bits per heavy atom. The van der Waals surface area contributed by atoms with Crippen LogP contribution in [0, 0.1) is 6.92 Å². The topological polar surface area (TPSA) is 71.3 Å². The van der Waals surface area contributed by atoms with Crippen LogP contribution in [0.4, 0.5) is 0 Å². The van der Waals surface area contributed by atoms with Crippen LogP contribution in [0.5, 0.6) is 0 Å². The van der Waals surface area contributed by atoms with Gasteiger partial charge < -0.3 is 15.1 Å². The normalized spacial score (nSPS) is 12.3. The molecule has 0 fully saturated rings. The fraction of sp³-hybridized carbons (Fsp3) is 0.375. The van der Waals surface area contributed by atoms with E-state index in [9.17, 15) is 9.59 Å². The highest BCUT2D eigenvalue weighted by Gasteiger charge is 2.18. The van der Waals surface area contributed by atoms with Crippen LogP contribution in [0.3, 0.4) is 0 Å². The van der Waals surface area contributed by atoms with Gasteiger partial charge in [-0.3, -0.25) is 4.79 Å². The molecule has 2 rings (SSSR count). The highest BCUT2D eigenvalue weighted by molar-refractivity contribution is 5.99. The second-order valence-electron chi connectivity index (χ2n) is 5.05. The molecule has 2 N–H and O–H groups in total. The van der Waals surface area contributed by atoms with Gasteiger partial charge in [0, 0.05) is 18.0 Å². The fourth-order valence-corrected chi connectivity index (χ4v) is 2.32. The number of amides is 1. The molecule has 0 unspecified atom stereocenters. The smallest absolute Gasteiger partial charge is 0.349 e. The maximum atomic E-state index is 12.2. The van der Waals surface area contributed by atoms with Crippen LogP contribution in [0.15, 0.2) is 33.5 Å². The lowest BCUT2D eigenvalue weighted by molar-refractivity contribution is 0.0946. The molecule has 1 atom stereocenters. The molecule has 1 heterocycles. The molecule has 112 valence electrons. The molecule has 1 amide bonds. The van der Waals surface area contributed by atoms with Crippen molar-refractivity contribution in [2.45, 2.75) is 26.8 Å². The van der Waals surface area contributed by atoms with Crippen LogP contribution in [-0.2, 0) is 0 Å². The van der Waals surface area contributed by atoms with E-state index in [2.05, 4.69) is 10.6 Å². The van der Waals surface area contributed by atoms with Crippen molar-refractivity contribution in [2.75, 3.05) is 13.1 Å². The van der Waals surface area contributed by atoms with E-state index in [1.54, 1.807) is 19.1 Å². The first-order valence-electron chi connectivity index (χ1n) is 7.08. The number of aryl methyl sites for hydroxylation is 1. The van der Waals surface area contributed by atoms with Crippen molar-refractivity contribution >= 4 is 16.9 Å². The predicted octanol–water partition coefficient (Wildman–Crippen LogP) is 1.83. The molecule has 0 saturated carbocycles. The first-order valence-corrected chi connectivity index (χ1v) is 7.08. The molecule has 0 saturated heterocycles. The molecule has 21 heavy (non-hydrogen) atoms. The summed E-state index contributed by atoms with van der Waals surface area (Å²) in [5, 5.41) is 6.74. The lowest BCUT2D eigenvalue weighted by atomic mass is 10.1. The van der Waals surface area contributed by atoms with Gasteiger partial charge in [0.1, 0.15) is 11.1 Å². The Bertz CT molecular complexity index is 706. The van der Waals surface area contributed by atoms with E-state index in [4.69, 9.17) is 4.42 Å². The van der Waals surface area contributed by atoms with Crippen molar-refractivity contribution < 1.29 is 9.21 Å². The van der Waals surface area contributed by atoms with E-state index in [1.807, 2.05) is 26.0 Å². The number of benzene rings is 1. The van der Waals surface area contributed by atoms with Crippen LogP contribution in [0.2, 0.25) is 0 Å². The molecule has 1 aromatic heterocycles. The monoisotopic (exact) mass is 288 g/mol. The first kappa shape index (κ1) is 15.3. The molecular formula is C16H20N2O3. The van der Waals surface area contributed by atoms with Gasteiger partial charge in [-0.05, 0) is 32.0 Å². The molecule has 1 aromatic carbocycles. The second kappa shape index (κ2) is 6.54. The van der Waals surface area contributed by atoms with E-state index in [0.29, 0.717) is 17.7 Å². The number of fused-ring (bicyclic) bond motifs is 1. The maximum absolute atomic E-state index is 12.2. The van der Waals surface area contributed by atoms with Crippen molar-refractivity contribution in [3.8, 4) is 0 Å². The molecule has 0 bridgehead atoms. The molecule has 5 nitrogen and oxygen atoms in total. The van der Waals surface area contributed by atoms with Gasteiger partial charge in [0.05, 0.1) is 0 Å². The molecule has 0 aliphatic heterocycles. The van der Waals surface area contributed by atoms with E-state index in [-0.39, 0.29) is 11.6 Å². The summed E-state index contributed by atoms with van der Waals surface area (Å²) in [7, 11) is 0. The van der Waals surface area contributed by atoms with Crippen molar-refractivity contribution in [1.29, 1.82) is 0 Å². The number of likely N-dealkylation sites (N-methyl/N-ethyl adjacent to an activating group) is 1. The van der Waals surface area contributed by atoms with E-state index < -0.39 is 11.5 Å². The van der Waals surface area contributed by atoms with Crippen LogP contribution < -0.4 is 16.3 Å². The Hall–Kier alpha value is -2.14. The van der Waals surface area contributed by atoms with E-state index in [0.717, 1.165) is 11.9 Å². The van der Waals surface area contributed by atoms with Crippen LogP contribution >= 0.6 is 0 Å². The molecule has 0 aliphatic rings. The largest absolute Gasteiger partial charge is 0.422 e. The van der Waals surface area contributed by atoms with Gasteiger partial charge >= 0.3 is 5.63 Å². The SMILES string of the molecule is CCN[C@H](C)CNC(=O)c1c(C)c2ccccc2oc1=O. The van der Waals surface area contributed by atoms with Gasteiger partial charge in [-0.2, -0.15) is 0 Å². The van der Waals surface area contributed by atoms with Gasteiger partial charge in [0.25, 0.3) is 5.91 Å². The van der Waals surface area contributed by atoms with Gasteiger partial charge in [-0.15, -0.1) is 0 Å². The standard InChI is InChI=1S/C16H20N2O3/c1-4-17-10(2)9-18-15(19)14-11(3)12-7-5-6-8-13(12)21-16(14)20/h5-8,10,17H,4,9H2,1-3H3,(H,18,19)/t10-/m1/s1. The lowest BCUT2D eigenvalue weighted by Crippen LogP contribution is -2.40. The summed E-state index contributed by atoms with van der Waals surface area (Å²) >= 11 is 0. The Kier molecular flexibility index (Phi) is 4.75. The van der Waals surface area contributed by atoms with Crippen LogP contribution in [0.25, 0.3) is 11.0 Å². The second-order valence-corrected chi connectivity index (χ2v) is 5.05. The highest BCUT2D eigenvalue weighted by Crippen LogP contribution is 2.18. The summed E-state index contributed by atoms with van der Waals surface area (Å²) in [5.41, 5.74) is 0.630. The fourth-order valence-electron chi connectivity index (χ4n) is 2.32. The minimum absolute atomic E-state index is 0.0809. The minimum Gasteiger partial charge on any atom is -0.422 e. The van der Waals surface area contributed by atoms with Crippen molar-refractivity contribution in [2.24, 2.45) is 0 Å². The summed E-state index contributed by atoms with van der Waals surface area (Å²) in [6, 6.07) is 7.35. The number of para-hydroxylation sites is 1. The molecular weight excluding hydrogens is 268 g/mol. The Balaban J connectivity index is 2.29. The number of hydrogen-bond acceptors (Lipinski definition) is 4. The third-order valence-corrected chi connectivity index (χ3v) is 3.42. The predicted molar refractivity (Wildman–Crippen MR) is 82.7 cm³/mol. The maximum Gasteiger partial charge on any atom is 0.349 e. The Morgan fingerprint density at radius 3 is 2.76 bits per heavy atom. The summed E-state index contributed by atoms with van der Waals surface area (Å²) in [5.74, 6) is -0.392. The molecule has 0 spiro atoms. The van der Waals surface area contributed by atoms with Crippen molar-refractivity contribution in [3.63, 3.8) is 0 Å². The Morgan fingerprint density at radius 1 is 1.33 bits per heavy atom. The number of hydrogen-bond donors (Lipinski definition) is 2. The number of carbonyl (C=O) groups is 1. The average Bonchev–Trinajstić information content (AvgIpc) is 2.45. The van der Waals surface area contributed by atoms with E-state index >= 15 is 0 Å². The lowest BCUT2D eigenvalue weighted by Gasteiger charge is -2.14. The van der Waals surface area contributed by atoms with E-state index in [1.165, 1.54) is 0 Å². The summed E-state index contributed by atoms with van der Waals surface area (Å²) < 4.78 is 5.22. The van der Waals surface area contributed by atoms with Gasteiger partial charge in [0.2, 0.25) is 0 Å². The van der Waals surface area contributed by atoms with Crippen molar-refractivity contribution in [1.82, 2.24) is 10.6 Å². The van der Waals surface area contributed by atoms with Gasteiger partial charge in [-0.25, -0.2) is 4.79 Å². The summed E-state index contributed by atoms with van der Waals surface area (Å²) in [6.45, 7) is 7.02. The van der Waals surface area contributed by atoms with Crippen LogP contribution in [0.1, 0.15) is 29.8 Å². The van der Waals surface area contributed by atoms with Crippen molar-refractivity contribution in [3.05, 3.63) is 45.8 Å². The molecule has 0 radical (unpaired) electrons. The molecule has 0 aliphatic carbocycles. The van der Waals surface area contributed by atoms with Gasteiger partial charge in [-0.1, -0.05) is 25.1 Å². The number of rotatable bonds is 5. The zero-order valence-corrected chi connectivity index (χ0v) is 12.5. The quantitative estimate of drug-likeness (QED) is 0.823. The minimum atomic E-state index is -0.597. The third kappa shape index (κ3) is 3.31. The Labute approximate surface area is 123 Å². The van der Waals surface area contributed by atoms with Gasteiger partial charge in [0.15, 0.2) is 0 Å².